The lowest BCUT2D eigenvalue weighted by atomic mass is 9.95. The number of carbonyl (C=O) groups is 2. The van der Waals surface area contributed by atoms with E-state index in [4.69, 9.17) is 14.2 Å². The summed E-state index contributed by atoms with van der Waals surface area (Å²) in [6.45, 7) is 5.67. The summed E-state index contributed by atoms with van der Waals surface area (Å²) in [6, 6.07) is 11.3. The number of likely N-dealkylation sites (N-methyl/N-ethyl adjacent to an activating group) is 1. The molecule has 2 aromatic rings. The second kappa shape index (κ2) is 11.9. The van der Waals surface area contributed by atoms with E-state index in [1.807, 2.05) is 25.1 Å². The van der Waals surface area contributed by atoms with Crippen molar-refractivity contribution in [3.05, 3.63) is 59.2 Å². The van der Waals surface area contributed by atoms with E-state index < -0.39 is 17.7 Å². The number of hydrogen-bond acceptors (Lipinski definition) is 7. The third-order valence-electron chi connectivity index (χ3n) is 6.13. The number of aliphatic hydroxyl groups is 1. The van der Waals surface area contributed by atoms with Gasteiger partial charge in [-0.2, -0.15) is 0 Å². The standard InChI is InChI=1S/C28H36N2O6/c1-18(2)12-15-36-22-11-10-19(17-23(22)35-6)25-24(26(31)20-8-7-9-21(16-20)34-5)27(32)28(33)30(25)14-13-29(3)4/h7-11,16-18,25,31H,12-15H2,1-6H3/b26-24+. The molecule has 194 valence electrons. The summed E-state index contributed by atoms with van der Waals surface area (Å²) in [4.78, 5) is 29.8. The van der Waals surface area contributed by atoms with Gasteiger partial charge >= 0.3 is 0 Å². The summed E-state index contributed by atoms with van der Waals surface area (Å²) >= 11 is 0. The third kappa shape index (κ3) is 5.99. The first kappa shape index (κ1) is 27.1. The van der Waals surface area contributed by atoms with Crippen LogP contribution in [0.15, 0.2) is 48.0 Å². The predicted molar refractivity (Wildman–Crippen MR) is 139 cm³/mol. The van der Waals surface area contributed by atoms with Crippen molar-refractivity contribution >= 4 is 17.4 Å². The minimum atomic E-state index is -0.783. The first-order valence-electron chi connectivity index (χ1n) is 12.1. The Morgan fingerprint density at radius 1 is 1.06 bits per heavy atom. The number of carbonyl (C=O) groups excluding carboxylic acids is 2. The maximum absolute atomic E-state index is 13.2. The van der Waals surface area contributed by atoms with Crippen molar-refractivity contribution in [2.24, 2.45) is 5.92 Å². The highest BCUT2D eigenvalue weighted by Crippen LogP contribution is 2.42. The van der Waals surface area contributed by atoms with Crippen molar-refractivity contribution in [2.75, 3.05) is 48.0 Å². The van der Waals surface area contributed by atoms with E-state index >= 15 is 0 Å². The van der Waals surface area contributed by atoms with Crippen LogP contribution in [0.5, 0.6) is 17.2 Å². The number of benzene rings is 2. The minimum Gasteiger partial charge on any atom is -0.507 e. The van der Waals surface area contributed by atoms with E-state index in [0.29, 0.717) is 54.0 Å². The summed E-state index contributed by atoms with van der Waals surface area (Å²) < 4.78 is 16.8. The van der Waals surface area contributed by atoms with Crippen LogP contribution >= 0.6 is 0 Å². The largest absolute Gasteiger partial charge is 0.507 e. The van der Waals surface area contributed by atoms with E-state index in [0.717, 1.165) is 6.42 Å². The number of amides is 1. The molecule has 1 aliphatic heterocycles. The van der Waals surface area contributed by atoms with Gasteiger partial charge in [0.05, 0.1) is 32.4 Å². The van der Waals surface area contributed by atoms with Crippen LogP contribution in [0.2, 0.25) is 0 Å². The van der Waals surface area contributed by atoms with Gasteiger partial charge in [-0.05, 0) is 56.3 Å². The highest BCUT2D eigenvalue weighted by molar-refractivity contribution is 6.46. The van der Waals surface area contributed by atoms with Gasteiger partial charge in [-0.15, -0.1) is 0 Å². The monoisotopic (exact) mass is 496 g/mol. The van der Waals surface area contributed by atoms with E-state index in [1.54, 1.807) is 43.5 Å². The fraction of sp³-hybridized carbons (Fsp3) is 0.429. The first-order chi connectivity index (χ1) is 17.2. The number of ether oxygens (including phenoxy) is 3. The van der Waals surface area contributed by atoms with Crippen molar-refractivity contribution in [3.63, 3.8) is 0 Å². The minimum absolute atomic E-state index is 0.0301. The molecule has 1 atom stereocenters. The van der Waals surface area contributed by atoms with Crippen LogP contribution in [0.25, 0.3) is 5.76 Å². The number of methoxy groups -OCH3 is 2. The lowest BCUT2D eigenvalue weighted by molar-refractivity contribution is -0.140. The predicted octanol–water partition coefficient (Wildman–Crippen LogP) is 4.11. The zero-order valence-corrected chi connectivity index (χ0v) is 21.9. The quantitative estimate of drug-likeness (QED) is 0.285. The van der Waals surface area contributed by atoms with Gasteiger partial charge in [0.2, 0.25) is 0 Å². The lowest BCUT2D eigenvalue weighted by Crippen LogP contribution is -2.35. The molecule has 1 amide bonds. The molecule has 1 heterocycles. The van der Waals surface area contributed by atoms with E-state index in [1.165, 1.54) is 12.0 Å². The second-order valence-electron chi connectivity index (χ2n) is 9.47. The van der Waals surface area contributed by atoms with Gasteiger partial charge < -0.3 is 29.1 Å². The van der Waals surface area contributed by atoms with Crippen LogP contribution in [0.1, 0.15) is 37.4 Å². The normalized spacial score (nSPS) is 17.2. The molecule has 1 N–H and O–H groups in total. The lowest BCUT2D eigenvalue weighted by Gasteiger charge is -2.27. The Balaban J connectivity index is 2.10. The average Bonchev–Trinajstić information content (AvgIpc) is 3.11. The summed E-state index contributed by atoms with van der Waals surface area (Å²) in [5.74, 6) is 0.486. The SMILES string of the molecule is COc1cccc(/C(O)=C2\C(=O)C(=O)N(CCN(C)C)C2c2ccc(OCCC(C)C)c(OC)c2)c1. The van der Waals surface area contributed by atoms with Crippen LogP contribution in [-0.4, -0.2) is 74.6 Å². The van der Waals surface area contributed by atoms with Gasteiger partial charge in [-0.1, -0.05) is 32.0 Å². The molecule has 2 aromatic carbocycles. The summed E-state index contributed by atoms with van der Waals surface area (Å²) in [5, 5.41) is 11.3. The van der Waals surface area contributed by atoms with E-state index in [9.17, 15) is 14.7 Å². The van der Waals surface area contributed by atoms with Gasteiger partial charge in [-0.25, -0.2) is 0 Å². The number of rotatable bonds is 11. The van der Waals surface area contributed by atoms with E-state index in [2.05, 4.69) is 13.8 Å². The van der Waals surface area contributed by atoms with Crippen LogP contribution in [-0.2, 0) is 9.59 Å². The Morgan fingerprint density at radius 3 is 2.44 bits per heavy atom. The topological polar surface area (TPSA) is 88.5 Å². The summed E-state index contributed by atoms with van der Waals surface area (Å²) in [5.41, 5.74) is 1.07. The Bertz CT molecular complexity index is 1120. The highest BCUT2D eigenvalue weighted by Gasteiger charge is 2.46. The summed E-state index contributed by atoms with van der Waals surface area (Å²) in [7, 11) is 6.87. The molecule has 1 fully saturated rings. The Kier molecular flexibility index (Phi) is 8.98. The molecule has 1 saturated heterocycles. The van der Waals surface area contributed by atoms with Crippen LogP contribution in [0.3, 0.4) is 0 Å². The number of ketones is 1. The molecule has 0 saturated carbocycles. The molecule has 8 nitrogen and oxygen atoms in total. The van der Waals surface area contributed by atoms with Crippen LogP contribution in [0, 0.1) is 5.92 Å². The number of hydrogen-bond donors (Lipinski definition) is 1. The Hall–Kier alpha value is -3.52. The summed E-state index contributed by atoms with van der Waals surface area (Å²) in [6.07, 6.45) is 0.899. The molecule has 36 heavy (non-hydrogen) atoms. The smallest absolute Gasteiger partial charge is 0.295 e. The van der Waals surface area contributed by atoms with Gasteiger partial charge in [0, 0.05) is 18.7 Å². The molecular weight excluding hydrogens is 460 g/mol. The molecule has 0 aliphatic carbocycles. The van der Waals surface area contributed by atoms with Gasteiger partial charge in [-0.3, -0.25) is 9.59 Å². The fourth-order valence-electron chi connectivity index (χ4n) is 4.07. The third-order valence-corrected chi connectivity index (χ3v) is 6.13. The molecule has 0 bridgehead atoms. The highest BCUT2D eigenvalue weighted by atomic mass is 16.5. The van der Waals surface area contributed by atoms with Crippen molar-refractivity contribution < 1.29 is 28.9 Å². The number of likely N-dealkylation sites (tertiary alicyclic amines) is 1. The van der Waals surface area contributed by atoms with E-state index in [-0.39, 0.29) is 11.3 Å². The van der Waals surface area contributed by atoms with Crippen LogP contribution in [0.4, 0.5) is 0 Å². The molecule has 1 aliphatic rings. The zero-order chi connectivity index (χ0) is 26.4. The molecule has 0 radical (unpaired) electrons. The van der Waals surface area contributed by atoms with Gasteiger partial charge in [0.1, 0.15) is 11.5 Å². The first-order valence-corrected chi connectivity index (χ1v) is 12.1. The number of Topliss-reactive ketones (excluding diaryl/α,β-unsaturated/α-hetero) is 1. The van der Waals surface area contributed by atoms with Crippen molar-refractivity contribution in [1.82, 2.24) is 9.80 Å². The maximum atomic E-state index is 13.2. The van der Waals surface area contributed by atoms with Crippen molar-refractivity contribution in [2.45, 2.75) is 26.3 Å². The average molecular weight is 497 g/mol. The number of aliphatic hydroxyl groups excluding tert-OH is 1. The fourth-order valence-corrected chi connectivity index (χ4v) is 4.07. The van der Waals surface area contributed by atoms with Gasteiger partial charge in [0.25, 0.3) is 11.7 Å². The molecule has 0 aromatic heterocycles. The van der Waals surface area contributed by atoms with Crippen LogP contribution < -0.4 is 14.2 Å². The molecular formula is C28H36N2O6. The molecule has 1 unspecified atom stereocenters. The maximum Gasteiger partial charge on any atom is 0.295 e. The Labute approximate surface area is 213 Å². The second-order valence-corrected chi connectivity index (χ2v) is 9.47. The molecule has 3 rings (SSSR count). The Morgan fingerprint density at radius 2 is 1.81 bits per heavy atom. The van der Waals surface area contributed by atoms with Crippen molar-refractivity contribution in [1.29, 1.82) is 0 Å². The molecule has 8 heteroatoms. The van der Waals surface area contributed by atoms with Gasteiger partial charge in [0.15, 0.2) is 11.5 Å². The number of nitrogens with zero attached hydrogens (tertiary/aromatic N) is 2. The molecule has 0 spiro atoms. The zero-order valence-electron chi connectivity index (χ0n) is 21.9. The van der Waals surface area contributed by atoms with Crippen molar-refractivity contribution in [3.8, 4) is 17.2 Å².